The van der Waals surface area contributed by atoms with Gasteiger partial charge in [0.25, 0.3) is 0 Å². The quantitative estimate of drug-likeness (QED) is 0.856. The summed E-state index contributed by atoms with van der Waals surface area (Å²) in [7, 11) is 1.68. The fraction of sp³-hybridized carbons (Fsp3) is 0.200. The summed E-state index contributed by atoms with van der Waals surface area (Å²) < 4.78 is 5.26. The highest BCUT2D eigenvalue weighted by Crippen LogP contribution is 2.26. The van der Waals surface area contributed by atoms with E-state index in [4.69, 9.17) is 27.9 Å². The van der Waals surface area contributed by atoms with E-state index in [1.807, 2.05) is 30.3 Å². The Hall–Kier alpha value is -1.22. The summed E-state index contributed by atoms with van der Waals surface area (Å²) in [5.74, 6) is 0. The summed E-state index contributed by atoms with van der Waals surface area (Å²) in [4.78, 5) is 0. The van der Waals surface area contributed by atoms with Gasteiger partial charge in [-0.2, -0.15) is 0 Å². The molecule has 2 rings (SSSR count). The highest BCUT2D eigenvalue weighted by Gasteiger charge is 2.11. The zero-order valence-electron chi connectivity index (χ0n) is 10.6. The van der Waals surface area contributed by atoms with Gasteiger partial charge < -0.3 is 10.1 Å². The number of methoxy groups -OCH3 is 1. The van der Waals surface area contributed by atoms with E-state index in [2.05, 4.69) is 17.4 Å². The Morgan fingerprint density at radius 1 is 1.05 bits per heavy atom. The van der Waals surface area contributed by atoms with Crippen LogP contribution in [0.2, 0.25) is 10.0 Å². The normalized spacial score (nSPS) is 12.2. The van der Waals surface area contributed by atoms with Gasteiger partial charge >= 0.3 is 0 Å². The number of hydrogen-bond acceptors (Lipinski definition) is 2. The minimum atomic E-state index is 0.0562. The van der Waals surface area contributed by atoms with Crippen LogP contribution in [0.1, 0.15) is 11.6 Å². The van der Waals surface area contributed by atoms with Crippen molar-refractivity contribution in [3.63, 3.8) is 0 Å². The van der Waals surface area contributed by atoms with E-state index in [0.717, 1.165) is 11.3 Å². The molecule has 0 aliphatic heterocycles. The van der Waals surface area contributed by atoms with Crippen LogP contribution >= 0.6 is 23.2 Å². The molecule has 1 N–H and O–H groups in total. The molecule has 4 heteroatoms. The Morgan fingerprint density at radius 3 is 2.26 bits per heavy atom. The van der Waals surface area contributed by atoms with E-state index in [9.17, 15) is 0 Å². The second kappa shape index (κ2) is 6.80. The maximum absolute atomic E-state index is 6.00. The van der Waals surface area contributed by atoms with Crippen LogP contribution in [-0.4, -0.2) is 13.7 Å². The van der Waals surface area contributed by atoms with Crippen molar-refractivity contribution in [3.05, 3.63) is 64.1 Å². The molecular weight excluding hydrogens is 281 g/mol. The first-order valence-electron chi connectivity index (χ1n) is 5.95. The molecule has 0 aliphatic rings. The maximum Gasteiger partial charge on any atom is 0.0747 e. The van der Waals surface area contributed by atoms with Crippen LogP contribution in [0.3, 0.4) is 0 Å². The molecular formula is C15H15Cl2NO. The zero-order valence-corrected chi connectivity index (χ0v) is 12.1. The predicted molar refractivity (Wildman–Crippen MR) is 81.1 cm³/mol. The molecule has 0 heterocycles. The Morgan fingerprint density at radius 2 is 1.68 bits per heavy atom. The molecule has 0 saturated carbocycles. The highest BCUT2D eigenvalue weighted by molar-refractivity contribution is 6.35. The summed E-state index contributed by atoms with van der Waals surface area (Å²) >= 11 is 12.0. The zero-order chi connectivity index (χ0) is 13.7. The molecule has 2 nitrogen and oxygen atoms in total. The van der Waals surface area contributed by atoms with Crippen molar-refractivity contribution < 1.29 is 4.74 Å². The molecule has 0 saturated heterocycles. The van der Waals surface area contributed by atoms with Crippen molar-refractivity contribution >= 4 is 28.9 Å². The summed E-state index contributed by atoms with van der Waals surface area (Å²) in [5, 5.41) is 4.60. The standard InChI is InChI=1S/C15H15Cl2NO/c1-19-10-15(11-5-3-2-4-6-11)18-14-8-12(16)7-13(17)9-14/h2-9,15,18H,10H2,1H3. The number of ether oxygens (including phenoxy) is 1. The lowest BCUT2D eigenvalue weighted by atomic mass is 10.1. The van der Waals surface area contributed by atoms with Crippen LogP contribution in [0.25, 0.3) is 0 Å². The number of hydrogen-bond donors (Lipinski definition) is 1. The van der Waals surface area contributed by atoms with Gasteiger partial charge in [0.15, 0.2) is 0 Å². The molecule has 0 amide bonds. The van der Waals surface area contributed by atoms with E-state index in [1.54, 1.807) is 13.2 Å². The summed E-state index contributed by atoms with van der Waals surface area (Å²) in [5.41, 5.74) is 2.03. The van der Waals surface area contributed by atoms with Gasteiger partial charge in [-0.25, -0.2) is 0 Å². The Kier molecular flexibility index (Phi) is 5.08. The van der Waals surface area contributed by atoms with Crippen molar-refractivity contribution in [1.29, 1.82) is 0 Å². The lowest BCUT2D eigenvalue weighted by Gasteiger charge is -2.20. The molecule has 0 aliphatic carbocycles. The van der Waals surface area contributed by atoms with E-state index in [0.29, 0.717) is 16.7 Å². The minimum absolute atomic E-state index is 0.0562. The van der Waals surface area contributed by atoms with E-state index < -0.39 is 0 Å². The fourth-order valence-electron chi connectivity index (χ4n) is 1.91. The van der Waals surface area contributed by atoms with Gasteiger partial charge in [-0.15, -0.1) is 0 Å². The third kappa shape index (κ3) is 4.13. The second-order valence-corrected chi connectivity index (χ2v) is 5.09. The molecule has 0 spiro atoms. The molecule has 1 unspecified atom stereocenters. The van der Waals surface area contributed by atoms with Crippen LogP contribution < -0.4 is 5.32 Å². The van der Waals surface area contributed by atoms with Crippen LogP contribution in [0.15, 0.2) is 48.5 Å². The molecule has 1 atom stereocenters. The van der Waals surface area contributed by atoms with Gasteiger partial charge in [0.05, 0.1) is 12.6 Å². The molecule has 2 aromatic carbocycles. The SMILES string of the molecule is COCC(Nc1cc(Cl)cc(Cl)c1)c1ccccc1. The van der Waals surface area contributed by atoms with Gasteiger partial charge in [-0.1, -0.05) is 53.5 Å². The Bertz CT molecular complexity index is 511. The average molecular weight is 296 g/mol. The summed E-state index contributed by atoms with van der Waals surface area (Å²) in [6, 6.07) is 15.6. The molecule has 2 aromatic rings. The van der Waals surface area contributed by atoms with Crippen LogP contribution in [0.4, 0.5) is 5.69 Å². The number of benzene rings is 2. The van der Waals surface area contributed by atoms with Gasteiger partial charge in [-0.3, -0.25) is 0 Å². The van der Waals surface area contributed by atoms with Gasteiger partial charge in [0.1, 0.15) is 0 Å². The first kappa shape index (κ1) is 14.2. The average Bonchev–Trinajstić information content (AvgIpc) is 2.38. The second-order valence-electron chi connectivity index (χ2n) is 4.22. The highest BCUT2D eigenvalue weighted by atomic mass is 35.5. The third-order valence-corrected chi connectivity index (χ3v) is 3.18. The molecule has 19 heavy (non-hydrogen) atoms. The van der Waals surface area contributed by atoms with E-state index in [-0.39, 0.29) is 6.04 Å². The molecule has 100 valence electrons. The Balaban J connectivity index is 2.21. The molecule has 0 bridgehead atoms. The largest absolute Gasteiger partial charge is 0.382 e. The topological polar surface area (TPSA) is 21.3 Å². The molecule has 0 fully saturated rings. The van der Waals surface area contributed by atoms with E-state index >= 15 is 0 Å². The first-order chi connectivity index (χ1) is 9.19. The monoisotopic (exact) mass is 295 g/mol. The van der Waals surface area contributed by atoms with Crippen LogP contribution in [0.5, 0.6) is 0 Å². The van der Waals surface area contributed by atoms with Crippen molar-refractivity contribution in [3.8, 4) is 0 Å². The number of nitrogens with one attached hydrogen (secondary N) is 1. The lowest BCUT2D eigenvalue weighted by Crippen LogP contribution is -2.16. The number of anilines is 1. The van der Waals surface area contributed by atoms with Gasteiger partial charge in [-0.05, 0) is 23.8 Å². The number of halogens is 2. The van der Waals surface area contributed by atoms with Crippen LogP contribution in [-0.2, 0) is 4.74 Å². The van der Waals surface area contributed by atoms with Gasteiger partial charge in [0.2, 0.25) is 0 Å². The Labute approximate surface area is 123 Å². The number of rotatable bonds is 5. The summed E-state index contributed by atoms with van der Waals surface area (Å²) in [6.45, 7) is 0.564. The molecule has 0 radical (unpaired) electrons. The van der Waals surface area contributed by atoms with Crippen molar-refractivity contribution in [1.82, 2.24) is 0 Å². The third-order valence-electron chi connectivity index (χ3n) is 2.74. The van der Waals surface area contributed by atoms with Crippen molar-refractivity contribution in [2.75, 3.05) is 19.0 Å². The minimum Gasteiger partial charge on any atom is -0.382 e. The van der Waals surface area contributed by atoms with Crippen LogP contribution in [0, 0.1) is 0 Å². The fourth-order valence-corrected chi connectivity index (χ4v) is 2.44. The first-order valence-corrected chi connectivity index (χ1v) is 6.71. The van der Waals surface area contributed by atoms with Crippen molar-refractivity contribution in [2.45, 2.75) is 6.04 Å². The lowest BCUT2D eigenvalue weighted by molar-refractivity contribution is 0.186. The maximum atomic E-state index is 6.00. The van der Waals surface area contributed by atoms with Crippen molar-refractivity contribution in [2.24, 2.45) is 0 Å². The predicted octanol–water partition coefficient (Wildman–Crippen LogP) is 4.79. The van der Waals surface area contributed by atoms with E-state index in [1.165, 1.54) is 0 Å². The molecule has 0 aromatic heterocycles. The smallest absolute Gasteiger partial charge is 0.0747 e. The summed E-state index contributed by atoms with van der Waals surface area (Å²) in [6.07, 6.45) is 0. The van der Waals surface area contributed by atoms with Gasteiger partial charge in [0, 0.05) is 22.8 Å².